The largest absolute Gasteiger partial charge is 0.296 e. The predicted molar refractivity (Wildman–Crippen MR) is 95.4 cm³/mol. The summed E-state index contributed by atoms with van der Waals surface area (Å²) >= 11 is 0. The molecule has 0 aliphatic carbocycles. The Hall–Kier alpha value is -2.26. The molecule has 7 nitrogen and oxygen atoms in total. The van der Waals surface area contributed by atoms with Gasteiger partial charge < -0.3 is 0 Å². The van der Waals surface area contributed by atoms with E-state index in [-0.39, 0.29) is 12.5 Å². The summed E-state index contributed by atoms with van der Waals surface area (Å²) in [6, 6.07) is 6.65. The number of benzene rings is 1. The van der Waals surface area contributed by atoms with Crippen LogP contribution in [0.4, 0.5) is 10.2 Å². The molecule has 2 aromatic rings. The first kappa shape index (κ1) is 18.5. The van der Waals surface area contributed by atoms with Gasteiger partial charge in [-0.2, -0.15) is 9.40 Å². The number of aryl methyl sites for hydroxylation is 1. The highest BCUT2D eigenvalue weighted by Gasteiger charge is 2.38. The number of hydrogen-bond donors (Lipinski definition) is 0. The van der Waals surface area contributed by atoms with Gasteiger partial charge >= 0.3 is 0 Å². The fraction of sp³-hybridized carbons (Fsp3) is 0.412. The van der Waals surface area contributed by atoms with Crippen LogP contribution in [0.5, 0.6) is 0 Å². The molecule has 0 N–H and O–H groups in total. The van der Waals surface area contributed by atoms with Crippen LogP contribution in [0.3, 0.4) is 0 Å². The number of carbonyl (C=O) groups is 1. The molecule has 3 rings (SSSR count). The Labute approximate surface area is 152 Å². The zero-order chi connectivity index (χ0) is 18.9. The summed E-state index contributed by atoms with van der Waals surface area (Å²) in [6.07, 6.45) is 3.75. The first-order valence-electron chi connectivity index (χ1n) is 8.28. The van der Waals surface area contributed by atoms with Crippen LogP contribution < -0.4 is 4.90 Å². The lowest BCUT2D eigenvalue weighted by Crippen LogP contribution is -2.54. The molecule has 1 aromatic carbocycles. The number of aromatic nitrogens is 2. The lowest BCUT2D eigenvalue weighted by atomic mass is 10.0. The number of piperidine rings is 1. The van der Waals surface area contributed by atoms with Gasteiger partial charge in [-0.25, -0.2) is 12.8 Å². The zero-order valence-corrected chi connectivity index (χ0v) is 15.5. The lowest BCUT2D eigenvalue weighted by molar-refractivity contribution is -0.123. The average Bonchev–Trinajstić information content (AvgIpc) is 2.98. The summed E-state index contributed by atoms with van der Waals surface area (Å²) in [5.41, 5.74) is 0.501. The minimum atomic E-state index is -3.67. The van der Waals surface area contributed by atoms with Crippen LogP contribution in [-0.2, 0) is 28.4 Å². The van der Waals surface area contributed by atoms with E-state index in [0.29, 0.717) is 30.8 Å². The third-order valence-electron chi connectivity index (χ3n) is 4.48. The molecule has 1 unspecified atom stereocenters. The highest BCUT2D eigenvalue weighted by Crippen LogP contribution is 2.26. The summed E-state index contributed by atoms with van der Waals surface area (Å²) in [6.45, 7) is 0.457. The summed E-state index contributed by atoms with van der Waals surface area (Å²) in [4.78, 5) is 14.6. The Kier molecular flexibility index (Phi) is 5.10. The molecule has 0 bridgehead atoms. The highest BCUT2D eigenvalue weighted by atomic mass is 32.2. The lowest BCUT2D eigenvalue weighted by Gasteiger charge is -2.37. The van der Waals surface area contributed by atoms with E-state index in [1.54, 1.807) is 35.0 Å². The van der Waals surface area contributed by atoms with E-state index in [1.807, 2.05) is 0 Å². The molecule has 1 aromatic heterocycles. The quantitative estimate of drug-likeness (QED) is 0.788. The van der Waals surface area contributed by atoms with Gasteiger partial charge in [-0.3, -0.25) is 14.4 Å². The Bertz CT molecular complexity index is 912. The van der Waals surface area contributed by atoms with Crippen LogP contribution in [0, 0.1) is 5.82 Å². The van der Waals surface area contributed by atoms with Crippen LogP contribution in [0.25, 0.3) is 0 Å². The van der Waals surface area contributed by atoms with Crippen molar-refractivity contribution in [3.63, 3.8) is 0 Å². The summed E-state index contributed by atoms with van der Waals surface area (Å²) in [5, 5.41) is 4.07. The summed E-state index contributed by atoms with van der Waals surface area (Å²) < 4.78 is 41.0. The summed E-state index contributed by atoms with van der Waals surface area (Å²) in [7, 11) is -1.94. The zero-order valence-electron chi connectivity index (χ0n) is 14.7. The molecule has 1 aliphatic rings. The van der Waals surface area contributed by atoms with Gasteiger partial charge in [-0.1, -0.05) is 12.1 Å². The van der Waals surface area contributed by atoms with Gasteiger partial charge in [0, 0.05) is 26.2 Å². The molecule has 2 heterocycles. The standard InChI is InChI=1S/C17H21FN4O3S/c1-20-16(8-9-19-20)21-10-4-7-15(17(21)23)22(26(2,24)25)12-13-5-3-6-14(18)11-13/h3,5-6,8-9,11,15H,4,7,10,12H2,1-2H3. The van der Waals surface area contributed by atoms with Crippen molar-refractivity contribution in [1.82, 2.24) is 14.1 Å². The van der Waals surface area contributed by atoms with Crippen LogP contribution >= 0.6 is 0 Å². The third-order valence-corrected chi connectivity index (χ3v) is 5.72. The van der Waals surface area contributed by atoms with E-state index in [4.69, 9.17) is 0 Å². The van der Waals surface area contributed by atoms with Crippen LogP contribution in [-0.4, -0.2) is 47.3 Å². The molecule has 1 saturated heterocycles. The van der Waals surface area contributed by atoms with Crippen molar-refractivity contribution in [2.75, 3.05) is 17.7 Å². The minimum Gasteiger partial charge on any atom is -0.296 e. The molecular formula is C17H21FN4O3S. The van der Waals surface area contributed by atoms with Crippen LogP contribution in [0.2, 0.25) is 0 Å². The Morgan fingerprint density at radius 2 is 2.12 bits per heavy atom. The van der Waals surface area contributed by atoms with Gasteiger partial charge in [-0.05, 0) is 30.5 Å². The Balaban J connectivity index is 1.91. The first-order chi connectivity index (χ1) is 12.3. The molecule has 0 spiro atoms. The molecule has 140 valence electrons. The molecule has 26 heavy (non-hydrogen) atoms. The number of halogens is 1. The Morgan fingerprint density at radius 3 is 2.73 bits per heavy atom. The van der Waals surface area contributed by atoms with E-state index in [9.17, 15) is 17.6 Å². The Morgan fingerprint density at radius 1 is 1.35 bits per heavy atom. The van der Waals surface area contributed by atoms with Gasteiger partial charge in [0.2, 0.25) is 15.9 Å². The van der Waals surface area contributed by atoms with Gasteiger partial charge in [-0.15, -0.1) is 0 Å². The van der Waals surface area contributed by atoms with Crippen molar-refractivity contribution in [2.45, 2.75) is 25.4 Å². The minimum absolute atomic E-state index is 0.0494. The van der Waals surface area contributed by atoms with Crippen molar-refractivity contribution in [3.05, 3.63) is 47.9 Å². The number of amides is 1. The van der Waals surface area contributed by atoms with Gasteiger partial charge in [0.25, 0.3) is 0 Å². The maximum absolute atomic E-state index is 13.5. The number of nitrogens with zero attached hydrogens (tertiary/aromatic N) is 4. The fourth-order valence-electron chi connectivity index (χ4n) is 3.26. The van der Waals surface area contributed by atoms with Crippen molar-refractivity contribution in [1.29, 1.82) is 0 Å². The first-order valence-corrected chi connectivity index (χ1v) is 10.1. The SMILES string of the molecule is Cn1nccc1N1CCCC(N(Cc2cccc(F)c2)S(C)(=O)=O)C1=O. The van der Waals surface area contributed by atoms with E-state index >= 15 is 0 Å². The second-order valence-electron chi connectivity index (χ2n) is 6.40. The molecule has 9 heteroatoms. The summed E-state index contributed by atoms with van der Waals surface area (Å²) in [5.74, 6) is -0.108. The van der Waals surface area contributed by atoms with Crippen LogP contribution in [0.1, 0.15) is 18.4 Å². The number of carbonyl (C=O) groups excluding carboxylic acids is 1. The number of sulfonamides is 1. The van der Waals surface area contributed by atoms with Gasteiger partial charge in [0.1, 0.15) is 17.7 Å². The van der Waals surface area contributed by atoms with E-state index in [1.165, 1.54) is 18.2 Å². The van der Waals surface area contributed by atoms with E-state index < -0.39 is 21.9 Å². The molecule has 1 fully saturated rings. The van der Waals surface area contributed by atoms with E-state index in [2.05, 4.69) is 5.10 Å². The molecule has 0 saturated carbocycles. The fourth-order valence-corrected chi connectivity index (χ4v) is 4.30. The van der Waals surface area contributed by atoms with Gasteiger partial charge in [0.05, 0.1) is 12.5 Å². The average molecular weight is 380 g/mol. The topological polar surface area (TPSA) is 75.5 Å². The highest BCUT2D eigenvalue weighted by molar-refractivity contribution is 7.88. The monoisotopic (exact) mass is 380 g/mol. The number of anilines is 1. The van der Waals surface area contributed by atoms with Crippen molar-refractivity contribution in [3.8, 4) is 0 Å². The van der Waals surface area contributed by atoms with Crippen molar-refractivity contribution >= 4 is 21.7 Å². The smallest absolute Gasteiger partial charge is 0.246 e. The van der Waals surface area contributed by atoms with E-state index in [0.717, 1.165) is 10.6 Å². The molecular weight excluding hydrogens is 359 g/mol. The van der Waals surface area contributed by atoms with Crippen LogP contribution in [0.15, 0.2) is 36.5 Å². The van der Waals surface area contributed by atoms with Crippen molar-refractivity contribution in [2.24, 2.45) is 7.05 Å². The third kappa shape index (κ3) is 3.78. The predicted octanol–water partition coefficient (Wildman–Crippen LogP) is 1.52. The maximum atomic E-state index is 13.5. The molecule has 1 aliphatic heterocycles. The molecule has 1 amide bonds. The molecule has 0 radical (unpaired) electrons. The van der Waals surface area contributed by atoms with Crippen molar-refractivity contribution < 1.29 is 17.6 Å². The number of hydrogen-bond acceptors (Lipinski definition) is 4. The normalized spacial score (nSPS) is 18.5. The number of rotatable bonds is 5. The second-order valence-corrected chi connectivity index (χ2v) is 8.33. The molecule has 1 atom stereocenters. The second kappa shape index (κ2) is 7.16. The van der Waals surface area contributed by atoms with Gasteiger partial charge in [0.15, 0.2) is 0 Å². The maximum Gasteiger partial charge on any atom is 0.246 e.